The van der Waals surface area contributed by atoms with Gasteiger partial charge in [0.05, 0.1) is 46.5 Å². The third kappa shape index (κ3) is 3.96. The summed E-state index contributed by atoms with van der Waals surface area (Å²) < 4.78 is 8.45. The minimum absolute atomic E-state index is 0.327. The van der Waals surface area contributed by atoms with Crippen LogP contribution in [-0.2, 0) is 4.74 Å². The lowest BCUT2D eigenvalue weighted by Gasteiger charge is -2.42. The average Bonchev–Trinajstić information content (AvgIpc) is 3.52. The lowest BCUT2D eigenvalue weighted by Crippen LogP contribution is -2.56. The Morgan fingerprint density at radius 2 is 1.47 bits per heavy atom. The highest BCUT2D eigenvalue weighted by Crippen LogP contribution is 2.34. The molecule has 2 aliphatic heterocycles. The van der Waals surface area contributed by atoms with Crippen molar-refractivity contribution >= 4 is 53.4 Å². The molecule has 0 bridgehead atoms. The second kappa shape index (κ2) is 8.26. The Morgan fingerprint density at radius 3 is 2.00 bits per heavy atom. The van der Waals surface area contributed by atoms with E-state index in [2.05, 4.69) is 64.9 Å². The van der Waals surface area contributed by atoms with E-state index in [9.17, 15) is 0 Å². The number of fused-ring (bicyclic) bond motifs is 2. The first-order valence-electron chi connectivity index (χ1n) is 11.2. The van der Waals surface area contributed by atoms with Gasteiger partial charge in [-0.05, 0) is 62.1 Å². The summed E-state index contributed by atoms with van der Waals surface area (Å²) in [5.41, 5.74) is 4.71. The van der Waals surface area contributed by atoms with Gasteiger partial charge in [-0.3, -0.25) is 4.90 Å². The first-order chi connectivity index (χ1) is 15.6. The molecule has 8 heteroatoms. The summed E-state index contributed by atoms with van der Waals surface area (Å²) in [6.45, 7) is 8.62. The smallest absolute Gasteiger partial charge is 0.188 e. The Kier molecular flexibility index (Phi) is 5.25. The van der Waals surface area contributed by atoms with Crippen LogP contribution in [0.1, 0.15) is 24.0 Å². The van der Waals surface area contributed by atoms with Gasteiger partial charge in [0.2, 0.25) is 0 Å². The van der Waals surface area contributed by atoms with Crippen LogP contribution in [0.4, 0.5) is 10.3 Å². The van der Waals surface area contributed by atoms with E-state index in [4.69, 9.17) is 14.7 Å². The van der Waals surface area contributed by atoms with Crippen molar-refractivity contribution in [3.63, 3.8) is 0 Å². The first-order valence-corrected chi connectivity index (χ1v) is 12.8. The lowest BCUT2D eigenvalue weighted by atomic mass is 10.2. The SMILES string of the molecule is Cc1ccc2nc(N3CN(C[C@@H]4CCCO4)CN(c4nc5ccc(C)cc5s4)C3)sc2c1. The second-order valence-electron chi connectivity index (χ2n) is 8.93. The van der Waals surface area contributed by atoms with E-state index in [1.807, 2.05) is 0 Å². The van der Waals surface area contributed by atoms with Gasteiger partial charge >= 0.3 is 0 Å². The van der Waals surface area contributed by atoms with E-state index in [1.54, 1.807) is 22.7 Å². The van der Waals surface area contributed by atoms with Gasteiger partial charge in [-0.25, -0.2) is 9.97 Å². The number of hydrogen-bond acceptors (Lipinski definition) is 8. The molecule has 0 amide bonds. The molecule has 2 saturated heterocycles. The number of aryl methyl sites for hydroxylation is 2. The van der Waals surface area contributed by atoms with Crippen molar-refractivity contribution < 1.29 is 4.74 Å². The van der Waals surface area contributed by atoms with Crippen LogP contribution in [0.25, 0.3) is 20.4 Å². The summed E-state index contributed by atoms with van der Waals surface area (Å²) in [5.74, 6) is 0. The van der Waals surface area contributed by atoms with Gasteiger partial charge < -0.3 is 14.5 Å². The van der Waals surface area contributed by atoms with Crippen molar-refractivity contribution in [3.8, 4) is 0 Å². The summed E-state index contributed by atoms with van der Waals surface area (Å²) >= 11 is 3.56. The van der Waals surface area contributed by atoms with E-state index >= 15 is 0 Å². The van der Waals surface area contributed by atoms with E-state index in [0.717, 1.165) is 60.9 Å². The molecule has 0 radical (unpaired) electrons. The van der Waals surface area contributed by atoms with Crippen molar-refractivity contribution in [1.29, 1.82) is 0 Å². The topological polar surface area (TPSA) is 44.7 Å². The number of aromatic nitrogens is 2. The second-order valence-corrected chi connectivity index (χ2v) is 10.9. The van der Waals surface area contributed by atoms with Crippen LogP contribution >= 0.6 is 22.7 Å². The summed E-state index contributed by atoms with van der Waals surface area (Å²) in [6.07, 6.45) is 2.64. The van der Waals surface area contributed by atoms with Crippen LogP contribution in [0, 0.1) is 13.8 Å². The molecule has 0 spiro atoms. The van der Waals surface area contributed by atoms with Gasteiger partial charge in [-0.2, -0.15) is 0 Å². The van der Waals surface area contributed by atoms with Gasteiger partial charge in [0.15, 0.2) is 10.3 Å². The van der Waals surface area contributed by atoms with Crippen LogP contribution < -0.4 is 9.80 Å². The van der Waals surface area contributed by atoms with Crippen LogP contribution in [0.2, 0.25) is 0 Å². The van der Waals surface area contributed by atoms with Gasteiger partial charge in [0, 0.05) is 13.2 Å². The molecule has 4 heterocycles. The maximum atomic E-state index is 5.96. The van der Waals surface area contributed by atoms with Crippen LogP contribution in [0.5, 0.6) is 0 Å². The fraction of sp³-hybridized carbons (Fsp3) is 0.417. The van der Waals surface area contributed by atoms with E-state index in [1.165, 1.54) is 26.9 Å². The predicted molar refractivity (Wildman–Crippen MR) is 134 cm³/mol. The van der Waals surface area contributed by atoms with Crippen LogP contribution in [-0.4, -0.2) is 54.1 Å². The van der Waals surface area contributed by atoms with E-state index < -0.39 is 0 Å². The molecule has 2 aliphatic rings. The highest BCUT2D eigenvalue weighted by molar-refractivity contribution is 7.22. The van der Waals surface area contributed by atoms with Crippen molar-refractivity contribution in [3.05, 3.63) is 47.5 Å². The number of nitrogens with zero attached hydrogens (tertiary/aromatic N) is 5. The Morgan fingerprint density at radius 1 is 0.875 bits per heavy atom. The zero-order valence-corrected chi connectivity index (χ0v) is 20.1. The Bertz CT molecular complexity index is 1170. The minimum Gasteiger partial charge on any atom is -0.377 e. The van der Waals surface area contributed by atoms with Gasteiger partial charge in [-0.1, -0.05) is 34.8 Å². The normalized spacial score (nSPS) is 20.1. The number of anilines is 2. The molecule has 6 rings (SSSR count). The Balaban J connectivity index is 1.32. The standard InChI is InChI=1S/C24H27N5OS2/c1-16-5-7-19-21(10-16)31-23(25-19)28-13-27(12-18-4-3-9-30-18)14-29(15-28)24-26-20-8-6-17(2)11-22(20)32-24/h5-8,10-11,18H,3-4,9,12-15H2,1-2H3/t18-/m0/s1. The fourth-order valence-corrected chi connectivity index (χ4v) is 6.66. The predicted octanol–water partition coefficient (Wildman–Crippen LogP) is 5.20. The molecule has 32 heavy (non-hydrogen) atoms. The van der Waals surface area contributed by atoms with Crippen LogP contribution in [0.15, 0.2) is 36.4 Å². The Hall–Kier alpha value is -2.26. The monoisotopic (exact) mass is 465 g/mol. The van der Waals surface area contributed by atoms with Crippen molar-refractivity contribution in [1.82, 2.24) is 14.9 Å². The number of hydrogen-bond donors (Lipinski definition) is 0. The molecule has 4 aromatic rings. The maximum Gasteiger partial charge on any atom is 0.188 e. The lowest BCUT2D eigenvalue weighted by molar-refractivity contribution is 0.0689. The average molecular weight is 466 g/mol. The molecule has 2 fully saturated rings. The first kappa shape index (κ1) is 20.4. The molecule has 0 saturated carbocycles. The van der Waals surface area contributed by atoms with Gasteiger partial charge in [-0.15, -0.1) is 0 Å². The number of ether oxygens (including phenoxy) is 1. The number of thiazole rings is 2. The highest BCUT2D eigenvalue weighted by Gasteiger charge is 2.30. The number of rotatable bonds is 4. The summed E-state index contributed by atoms with van der Waals surface area (Å²) in [5, 5.41) is 2.15. The summed E-state index contributed by atoms with van der Waals surface area (Å²) in [4.78, 5) is 17.2. The minimum atomic E-state index is 0.327. The molecular weight excluding hydrogens is 438 g/mol. The largest absolute Gasteiger partial charge is 0.377 e. The number of benzene rings is 2. The third-order valence-corrected chi connectivity index (χ3v) is 8.33. The van der Waals surface area contributed by atoms with Gasteiger partial charge in [0.25, 0.3) is 0 Å². The molecule has 0 N–H and O–H groups in total. The molecule has 1 atom stereocenters. The highest BCUT2D eigenvalue weighted by atomic mass is 32.1. The van der Waals surface area contributed by atoms with E-state index in [0.29, 0.717) is 6.10 Å². The third-order valence-electron chi connectivity index (χ3n) is 6.18. The molecule has 0 unspecified atom stereocenters. The molecule has 6 nitrogen and oxygen atoms in total. The van der Waals surface area contributed by atoms with Crippen molar-refractivity contribution in [2.75, 3.05) is 43.0 Å². The Labute approximate surface area is 196 Å². The fourth-order valence-electron chi connectivity index (χ4n) is 4.57. The van der Waals surface area contributed by atoms with Crippen molar-refractivity contribution in [2.24, 2.45) is 0 Å². The summed E-state index contributed by atoms with van der Waals surface area (Å²) in [7, 11) is 0. The van der Waals surface area contributed by atoms with Crippen molar-refractivity contribution in [2.45, 2.75) is 32.8 Å². The maximum absolute atomic E-state index is 5.96. The summed E-state index contributed by atoms with van der Waals surface area (Å²) in [6, 6.07) is 13.0. The van der Waals surface area contributed by atoms with Crippen LogP contribution in [0.3, 0.4) is 0 Å². The van der Waals surface area contributed by atoms with Gasteiger partial charge in [0.1, 0.15) is 0 Å². The molecule has 2 aromatic carbocycles. The zero-order valence-electron chi connectivity index (χ0n) is 18.5. The zero-order chi connectivity index (χ0) is 21.7. The molecule has 166 valence electrons. The molecule has 0 aliphatic carbocycles. The molecule has 2 aromatic heterocycles. The molecular formula is C24H27N5OS2. The van der Waals surface area contributed by atoms with E-state index in [-0.39, 0.29) is 0 Å². The quantitative estimate of drug-likeness (QED) is 0.413.